The van der Waals surface area contributed by atoms with Gasteiger partial charge in [-0.1, -0.05) is 0 Å². The highest BCUT2D eigenvalue weighted by Gasteiger charge is 2.29. The molecule has 1 aromatic heterocycles. The maximum Gasteiger partial charge on any atom is 0.356 e. The quantitative estimate of drug-likeness (QED) is 0.861. The van der Waals surface area contributed by atoms with E-state index in [2.05, 4.69) is 10.4 Å². The molecule has 0 radical (unpaired) electrons. The molecule has 0 aromatic carbocycles. The Morgan fingerprint density at radius 2 is 2.18 bits per heavy atom. The molecular weight excluding hydrogens is 282 g/mol. The Labute approximate surface area is 130 Å². The summed E-state index contributed by atoms with van der Waals surface area (Å²) in [6.07, 6.45) is 4.99. The van der Waals surface area contributed by atoms with E-state index in [-0.39, 0.29) is 5.69 Å². The Kier molecular flexibility index (Phi) is 4.78. The van der Waals surface area contributed by atoms with Crippen LogP contribution in [0.3, 0.4) is 0 Å². The van der Waals surface area contributed by atoms with Crippen LogP contribution in [0.25, 0.3) is 0 Å². The number of aromatic carboxylic acids is 1. The molecule has 2 heterocycles. The Balaban J connectivity index is 1.65. The molecule has 0 bridgehead atoms. The zero-order chi connectivity index (χ0) is 15.5. The van der Waals surface area contributed by atoms with Crippen LogP contribution in [-0.4, -0.2) is 46.7 Å². The number of aryl methyl sites for hydroxylation is 1. The molecule has 0 spiro atoms. The third-order valence-electron chi connectivity index (χ3n) is 4.88. The van der Waals surface area contributed by atoms with Gasteiger partial charge in [-0.25, -0.2) is 4.79 Å². The van der Waals surface area contributed by atoms with Gasteiger partial charge in [-0.15, -0.1) is 0 Å². The molecule has 0 saturated carbocycles. The molecule has 1 saturated heterocycles. The van der Waals surface area contributed by atoms with Crippen LogP contribution in [0.4, 0.5) is 0 Å². The Morgan fingerprint density at radius 3 is 2.86 bits per heavy atom. The lowest BCUT2D eigenvalue weighted by Gasteiger charge is -2.28. The van der Waals surface area contributed by atoms with Crippen molar-refractivity contribution >= 4 is 5.97 Å². The summed E-state index contributed by atoms with van der Waals surface area (Å²) >= 11 is 0. The number of rotatable bonds is 5. The molecule has 0 amide bonds. The summed E-state index contributed by atoms with van der Waals surface area (Å²) in [5.74, 6) is -0.221. The fraction of sp³-hybridized carbons (Fsp3) is 0.750. The van der Waals surface area contributed by atoms with Crippen LogP contribution in [-0.2, 0) is 24.1 Å². The number of hydrogen-bond donors (Lipinski definition) is 2. The molecule has 6 heteroatoms. The van der Waals surface area contributed by atoms with Crippen molar-refractivity contribution in [3.63, 3.8) is 0 Å². The number of aromatic nitrogens is 2. The van der Waals surface area contributed by atoms with Crippen LogP contribution in [0.15, 0.2) is 0 Å². The van der Waals surface area contributed by atoms with Crippen LogP contribution in [0.5, 0.6) is 0 Å². The molecule has 1 atom stereocenters. The normalized spacial score (nSPS) is 22.5. The van der Waals surface area contributed by atoms with Crippen molar-refractivity contribution in [1.82, 2.24) is 15.1 Å². The monoisotopic (exact) mass is 307 g/mol. The molecule has 0 unspecified atom stereocenters. The van der Waals surface area contributed by atoms with E-state index >= 15 is 0 Å². The van der Waals surface area contributed by atoms with E-state index in [1.807, 2.05) is 11.6 Å². The Hall–Kier alpha value is -1.40. The third-order valence-corrected chi connectivity index (χ3v) is 4.88. The van der Waals surface area contributed by atoms with E-state index in [0.29, 0.717) is 12.0 Å². The average molecular weight is 307 g/mol. The topological polar surface area (TPSA) is 76.4 Å². The van der Waals surface area contributed by atoms with Gasteiger partial charge >= 0.3 is 5.97 Å². The van der Waals surface area contributed by atoms with Crippen LogP contribution < -0.4 is 5.32 Å². The lowest BCUT2D eigenvalue weighted by molar-refractivity contribution is 0.0651. The largest absolute Gasteiger partial charge is 0.476 e. The SMILES string of the molecule is CCn1nc(C(=O)O)c2c1CC[C@H](NCC1CCOCC1)C2. The minimum absolute atomic E-state index is 0.245. The molecule has 1 aliphatic carbocycles. The standard InChI is InChI=1S/C16H25N3O3/c1-2-19-14-4-3-12(9-13(14)15(18-19)16(20)21)17-10-11-5-7-22-8-6-11/h11-12,17H,2-10H2,1H3,(H,20,21)/t12-/m0/s1. The zero-order valence-electron chi connectivity index (χ0n) is 13.2. The Bertz CT molecular complexity index is 535. The first-order valence-corrected chi connectivity index (χ1v) is 8.32. The van der Waals surface area contributed by atoms with Gasteiger partial charge in [-0.2, -0.15) is 5.10 Å². The van der Waals surface area contributed by atoms with Crippen molar-refractivity contribution in [3.05, 3.63) is 17.0 Å². The van der Waals surface area contributed by atoms with Crippen molar-refractivity contribution in [3.8, 4) is 0 Å². The number of carboxylic acids is 1. The maximum absolute atomic E-state index is 11.4. The molecule has 2 aliphatic rings. The summed E-state index contributed by atoms with van der Waals surface area (Å²) in [7, 11) is 0. The molecule has 1 aromatic rings. The second kappa shape index (κ2) is 6.79. The second-order valence-corrected chi connectivity index (χ2v) is 6.30. The van der Waals surface area contributed by atoms with E-state index in [9.17, 15) is 9.90 Å². The number of fused-ring (bicyclic) bond motifs is 1. The summed E-state index contributed by atoms with van der Waals surface area (Å²) in [6.45, 7) is 5.49. The van der Waals surface area contributed by atoms with E-state index < -0.39 is 5.97 Å². The first-order chi connectivity index (χ1) is 10.7. The summed E-state index contributed by atoms with van der Waals surface area (Å²) in [5.41, 5.74) is 2.29. The van der Waals surface area contributed by atoms with Crippen molar-refractivity contribution in [2.24, 2.45) is 5.92 Å². The highest BCUT2D eigenvalue weighted by molar-refractivity contribution is 5.87. The summed E-state index contributed by atoms with van der Waals surface area (Å²) < 4.78 is 7.25. The van der Waals surface area contributed by atoms with Gasteiger partial charge < -0.3 is 15.2 Å². The van der Waals surface area contributed by atoms with E-state index in [0.717, 1.165) is 69.7 Å². The highest BCUT2D eigenvalue weighted by Crippen LogP contribution is 2.25. The number of nitrogens with one attached hydrogen (secondary N) is 1. The van der Waals surface area contributed by atoms with Gasteiger partial charge in [0, 0.05) is 37.1 Å². The van der Waals surface area contributed by atoms with Gasteiger partial charge in [0.1, 0.15) is 0 Å². The lowest BCUT2D eigenvalue weighted by atomic mass is 9.90. The van der Waals surface area contributed by atoms with Gasteiger partial charge in [-0.3, -0.25) is 4.68 Å². The number of carbonyl (C=O) groups is 1. The minimum atomic E-state index is -0.909. The zero-order valence-corrected chi connectivity index (χ0v) is 13.2. The van der Waals surface area contributed by atoms with Crippen molar-refractivity contribution in [2.75, 3.05) is 19.8 Å². The second-order valence-electron chi connectivity index (χ2n) is 6.30. The Morgan fingerprint density at radius 1 is 1.41 bits per heavy atom. The van der Waals surface area contributed by atoms with Crippen LogP contribution in [0, 0.1) is 5.92 Å². The number of ether oxygens (including phenoxy) is 1. The lowest BCUT2D eigenvalue weighted by Crippen LogP contribution is -2.39. The third kappa shape index (κ3) is 3.17. The summed E-state index contributed by atoms with van der Waals surface area (Å²) in [6, 6.07) is 0.364. The van der Waals surface area contributed by atoms with Crippen LogP contribution >= 0.6 is 0 Å². The highest BCUT2D eigenvalue weighted by atomic mass is 16.5. The van der Waals surface area contributed by atoms with E-state index in [4.69, 9.17) is 4.74 Å². The number of nitrogens with zero attached hydrogens (tertiary/aromatic N) is 2. The van der Waals surface area contributed by atoms with Crippen LogP contribution in [0.1, 0.15) is 47.9 Å². The number of hydrogen-bond acceptors (Lipinski definition) is 4. The first kappa shape index (κ1) is 15.5. The fourth-order valence-electron chi connectivity index (χ4n) is 3.58. The molecule has 3 rings (SSSR count). The van der Waals surface area contributed by atoms with Gasteiger partial charge in [0.05, 0.1) is 0 Å². The smallest absolute Gasteiger partial charge is 0.356 e. The van der Waals surface area contributed by atoms with Gasteiger partial charge in [-0.05, 0) is 51.5 Å². The number of carboxylic acid groups (broad SMARTS) is 1. The van der Waals surface area contributed by atoms with Crippen molar-refractivity contribution in [2.45, 2.75) is 51.6 Å². The molecule has 1 fully saturated rings. The van der Waals surface area contributed by atoms with Gasteiger partial charge in [0.25, 0.3) is 0 Å². The first-order valence-electron chi connectivity index (χ1n) is 8.32. The predicted molar refractivity (Wildman–Crippen MR) is 82.2 cm³/mol. The average Bonchev–Trinajstić information content (AvgIpc) is 2.92. The predicted octanol–water partition coefficient (Wildman–Crippen LogP) is 1.47. The fourth-order valence-corrected chi connectivity index (χ4v) is 3.58. The maximum atomic E-state index is 11.4. The summed E-state index contributed by atoms with van der Waals surface area (Å²) in [5, 5.41) is 17.3. The van der Waals surface area contributed by atoms with Gasteiger partial charge in [0.15, 0.2) is 5.69 Å². The molecular formula is C16H25N3O3. The van der Waals surface area contributed by atoms with E-state index in [1.165, 1.54) is 0 Å². The van der Waals surface area contributed by atoms with E-state index in [1.54, 1.807) is 0 Å². The molecule has 1 aliphatic heterocycles. The van der Waals surface area contributed by atoms with Crippen LogP contribution in [0.2, 0.25) is 0 Å². The minimum Gasteiger partial charge on any atom is -0.476 e. The van der Waals surface area contributed by atoms with Crippen molar-refractivity contribution < 1.29 is 14.6 Å². The molecule has 122 valence electrons. The molecule has 6 nitrogen and oxygen atoms in total. The molecule has 22 heavy (non-hydrogen) atoms. The summed E-state index contributed by atoms with van der Waals surface area (Å²) in [4.78, 5) is 11.4. The van der Waals surface area contributed by atoms with Crippen molar-refractivity contribution in [1.29, 1.82) is 0 Å². The molecule has 2 N–H and O–H groups in total. The van der Waals surface area contributed by atoms with Gasteiger partial charge in [0.2, 0.25) is 0 Å².